The molecule has 1 saturated heterocycles. The summed E-state index contributed by atoms with van der Waals surface area (Å²) in [6, 6.07) is -2.03. The molecule has 1 aliphatic rings. The van der Waals surface area contributed by atoms with Crippen LogP contribution in [0.4, 0.5) is 4.79 Å². The lowest BCUT2D eigenvalue weighted by Crippen LogP contribution is -2.64. The number of esters is 1. The van der Waals surface area contributed by atoms with Crippen molar-refractivity contribution in [1.82, 2.24) is 10.6 Å². The molecule has 0 unspecified atom stereocenters. The van der Waals surface area contributed by atoms with Gasteiger partial charge in [-0.3, -0.25) is 4.79 Å². The lowest BCUT2D eigenvalue weighted by Gasteiger charge is -2.43. The minimum Gasteiger partial charge on any atom is -0.467 e. The van der Waals surface area contributed by atoms with Crippen molar-refractivity contribution in [2.75, 3.05) is 13.7 Å². The fourth-order valence-electron chi connectivity index (χ4n) is 3.03. The molecule has 0 spiro atoms. The zero-order chi connectivity index (χ0) is 22.4. The minimum atomic E-state index is -1.40. The molecule has 0 saturated carbocycles. The standard InChI is InChI=1S/C18H32N2O9/c1-9(22)19-13-11(28-12(8-21)14(23)15(13)24)7-6-10(16(25)27-5)20-17(26)29-18(2,3)4/h10-15,21,23-24H,6-8H2,1-5H3,(H,19,22)(H,20,26)/t10-,11+,12-,13+,14-,15-/m1/s1. The van der Waals surface area contributed by atoms with Gasteiger partial charge in [-0.05, 0) is 33.6 Å². The zero-order valence-corrected chi connectivity index (χ0v) is 17.4. The summed E-state index contributed by atoms with van der Waals surface area (Å²) >= 11 is 0. The van der Waals surface area contributed by atoms with Gasteiger partial charge in [0, 0.05) is 6.92 Å². The van der Waals surface area contributed by atoms with Crippen LogP contribution in [0, 0.1) is 0 Å². The molecular weight excluding hydrogens is 388 g/mol. The number of carbonyl (C=O) groups excluding carboxylic acids is 3. The van der Waals surface area contributed by atoms with Crippen LogP contribution in [0.15, 0.2) is 0 Å². The highest BCUT2D eigenvalue weighted by Gasteiger charge is 2.44. The van der Waals surface area contributed by atoms with Crippen molar-refractivity contribution >= 4 is 18.0 Å². The fraction of sp³-hybridized carbons (Fsp3) is 0.833. The molecule has 1 rings (SSSR count). The Bertz CT molecular complexity index is 578. The molecule has 2 amide bonds. The molecule has 11 heteroatoms. The average molecular weight is 420 g/mol. The van der Waals surface area contributed by atoms with E-state index in [9.17, 15) is 29.7 Å². The number of methoxy groups -OCH3 is 1. The first kappa shape index (κ1) is 25.1. The van der Waals surface area contributed by atoms with Crippen molar-refractivity contribution in [3.05, 3.63) is 0 Å². The molecular formula is C18H32N2O9. The first-order chi connectivity index (χ1) is 13.4. The first-order valence-corrected chi connectivity index (χ1v) is 9.36. The summed E-state index contributed by atoms with van der Waals surface area (Å²) in [5.74, 6) is -1.16. The zero-order valence-electron chi connectivity index (χ0n) is 17.4. The Hall–Kier alpha value is -1.95. The predicted molar refractivity (Wildman–Crippen MR) is 99.8 cm³/mol. The molecule has 0 bridgehead atoms. The number of hydrogen-bond acceptors (Lipinski definition) is 9. The minimum absolute atomic E-state index is 0.0353. The summed E-state index contributed by atoms with van der Waals surface area (Å²) in [4.78, 5) is 35.5. The van der Waals surface area contributed by atoms with Gasteiger partial charge in [0.2, 0.25) is 5.91 Å². The average Bonchev–Trinajstić information content (AvgIpc) is 2.61. The molecule has 11 nitrogen and oxygen atoms in total. The van der Waals surface area contributed by atoms with Gasteiger partial charge < -0.3 is 40.2 Å². The normalized spacial score (nSPS) is 28.2. The monoisotopic (exact) mass is 420 g/mol. The van der Waals surface area contributed by atoms with Gasteiger partial charge in [-0.25, -0.2) is 9.59 Å². The maximum absolute atomic E-state index is 12.0. The smallest absolute Gasteiger partial charge is 0.408 e. The van der Waals surface area contributed by atoms with E-state index in [1.807, 2.05) is 0 Å². The van der Waals surface area contributed by atoms with E-state index < -0.39 is 66.7 Å². The van der Waals surface area contributed by atoms with E-state index in [1.54, 1.807) is 20.8 Å². The van der Waals surface area contributed by atoms with Crippen molar-refractivity contribution in [2.24, 2.45) is 0 Å². The number of nitrogens with one attached hydrogen (secondary N) is 2. The van der Waals surface area contributed by atoms with E-state index in [1.165, 1.54) is 14.0 Å². The molecule has 0 radical (unpaired) electrons. The van der Waals surface area contributed by atoms with E-state index in [2.05, 4.69) is 10.6 Å². The number of alkyl carbamates (subject to hydrolysis) is 1. The van der Waals surface area contributed by atoms with E-state index in [-0.39, 0.29) is 12.8 Å². The lowest BCUT2D eigenvalue weighted by atomic mass is 9.89. The number of aliphatic hydroxyl groups excluding tert-OH is 3. The van der Waals surface area contributed by atoms with Gasteiger partial charge in [0.05, 0.1) is 25.9 Å². The molecule has 5 N–H and O–H groups in total. The van der Waals surface area contributed by atoms with Crippen LogP contribution in [0.5, 0.6) is 0 Å². The Morgan fingerprint density at radius 2 is 1.76 bits per heavy atom. The molecule has 0 aromatic heterocycles. The van der Waals surface area contributed by atoms with Crippen LogP contribution in [0.2, 0.25) is 0 Å². The largest absolute Gasteiger partial charge is 0.467 e. The van der Waals surface area contributed by atoms with Crippen LogP contribution < -0.4 is 10.6 Å². The summed E-state index contributed by atoms with van der Waals surface area (Å²) in [5.41, 5.74) is -0.762. The highest BCUT2D eigenvalue weighted by atomic mass is 16.6. The maximum Gasteiger partial charge on any atom is 0.408 e. The molecule has 29 heavy (non-hydrogen) atoms. The molecule has 6 atom stereocenters. The predicted octanol–water partition coefficient (Wildman–Crippen LogP) is -1.18. The highest BCUT2D eigenvalue weighted by molar-refractivity contribution is 5.81. The lowest BCUT2D eigenvalue weighted by molar-refractivity contribution is -0.197. The van der Waals surface area contributed by atoms with Gasteiger partial charge in [0.1, 0.15) is 30.0 Å². The Labute approximate surface area is 169 Å². The number of aliphatic hydroxyl groups is 3. The van der Waals surface area contributed by atoms with Crippen LogP contribution in [0.3, 0.4) is 0 Å². The second kappa shape index (κ2) is 10.7. The summed E-state index contributed by atoms with van der Waals surface area (Å²) in [5, 5.41) is 34.7. The molecule has 168 valence electrons. The molecule has 1 heterocycles. The number of ether oxygens (including phenoxy) is 3. The van der Waals surface area contributed by atoms with Gasteiger partial charge in [-0.2, -0.15) is 0 Å². The molecule has 0 aliphatic carbocycles. The van der Waals surface area contributed by atoms with Crippen LogP contribution >= 0.6 is 0 Å². The SMILES string of the molecule is COC(=O)[C@@H](CC[C@@H]1O[C@H](CO)[C@@H](O)[C@H](O)[C@H]1NC(C)=O)NC(=O)OC(C)(C)C. The molecule has 0 aromatic carbocycles. The second-order valence-electron chi connectivity index (χ2n) is 7.90. The Morgan fingerprint density at radius 3 is 2.24 bits per heavy atom. The Morgan fingerprint density at radius 1 is 1.14 bits per heavy atom. The van der Waals surface area contributed by atoms with Crippen LogP contribution in [-0.4, -0.2) is 89.1 Å². The molecule has 1 fully saturated rings. The van der Waals surface area contributed by atoms with E-state index in [0.717, 1.165) is 0 Å². The molecule has 1 aliphatic heterocycles. The van der Waals surface area contributed by atoms with Gasteiger partial charge in [-0.15, -0.1) is 0 Å². The van der Waals surface area contributed by atoms with Crippen LogP contribution in [0.25, 0.3) is 0 Å². The van der Waals surface area contributed by atoms with Crippen LogP contribution in [-0.2, 0) is 23.8 Å². The quantitative estimate of drug-likeness (QED) is 0.319. The topological polar surface area (TPSA) is 164 Å². The van der Waals surface area contributed by atoms with Gasteiger partial charge >= 0.3 is 12.1 Å². The third-order valence-electron chi connectivity index (χ3n) is 4.32. The third-order valence-corrected chi connectivity index (χ3v) is 4.32. The number of carbonyl (C=O) groups is 3. The Kier molecular flexibility index (Phi) is 9.27. The molecule has 0 aromatic rings. The van der Waals surface area contributed by atoms with Crippen molar-refractivity contribution in [3.8, 4) is 0 Å². The first-order valence-electron chi connectivity index (χ1n) is 9.36. The van der Waals surface area contributed by atoms with E-state index in [0.29, 0.717) is 0 Å². The van der Waals surface area contributed by atoms with Gasteiger partial charge in [0.15, 0.2) is 0 Å². The van der Waals surface area contributed by atoms with Crippen LogP contribution in [0.1, 0.15) is 40.5 Å². The summed E-state index contributed by atoms with van der Waals surface area (Å²) in [7, 11) is 1.17. The summed E-state index contributed by atoms with van der Waals surface area (Å²) < 4.78 is 15.5. The van der Waals surface area contributed by atoms with E-state index in [4.69, 9.17) is 14.2 Å². The van der Waals surface area contributed by atoms with E-state index >= 15 is 0 Å². The summed E-state index contributed by atoms with van der Waals surface area (Å²) in [6.45, 7) is 5.73. The van der Waals surface area contributed by atoms with Gasteiger partial charge in [-0.1, -0.05) is 0 Å². The summed E-state index contributed by atoms with van der Waals surface area (Å²) in [6.07, 6.45) is -5.35. The van der Waals surface area contributed by atoms with Crippen molar-refractivity contribution < 1.29 is 43.9 Å². The number of hydrogen-bond donors (Lipinski definition) is 5. The maximum atomic E-state index is 12.0. The third kappa shape index (κ3) is 7.77. The Balaban J connectivity index is 2.88. The number of rotatable bonds is 7. The second-order valence-corrected chi connectivity index (χ2v) is 7.90. The fourth-order valence-corrected chi connectivity index (χ4v) is 3.03. The van der Waals surface area contributed by atoms with Crippen molar-refractivity contribution in [1.29, 1.82) is 0 Å². The highest BCUT2D eigenvalue weighted by Crippen LogP contribution is 2.25. The van der Waals surface area contributed by atoms with Crippen molar-refractivity contribution in [3.63, 3.8) is 0 Å². The number of amides is 2. The van der Waals surface area contributed by atoms with Gasteiger partial charge in [0.25, 0.3) is 0 Å². The van der Waals surface area contributed by atoms with Crippen molar-refractivity contribution in [2.45, 2.75) is 82.6 Å².